The van der Waals surface area contributed by atoms with Crippen molar-refractivity contribution in [1.82, 2.24) is 0 Å². The lowest BCUT2D eigenvalue weighted by atomic mass is 10.2. The Hall–Kier alpha value is -1.30. The second-order valence-electron chi connectivity index (χ2n) is 3.26. The summed E-state index contributed by atoms with van der Waals surface area (Å²) >= 11 is 0. The van der Waals surface area contributed by atoms with Crippen molar-refractivity contribution in [3.63, 3.8) is 0 Å². The molecule has 74 valence electrons. The Morgan fingerprint density at radius 3 is 2.00 bits per heavy atom. The van der Waals surface area contributed by atoms with Gasteiger partial charge < -0.3 is 0 Å². The highest BCUT2D eigenvalue weighted by molar-refractivity contribution is 5.15. The van der Waals surface area contributed by atoms with Crippen molar-refractivity contribution in [3.05, 3.63) is 60.8 Å². The summed E-state index contributed by atoms with van der Waals surface area (Å²) in [5.41, 5.74) is 0. The molecule has 1 aliphatic rings. The van der Waals surface area contributed by atoms with Crippen molar-refractivity contribution >= 4 is 0 Å². The Kier molecular flexibility index (Phi) is 6.39. The predicted molar refractivity (Wildman–Crippen MR) is 64.2 cm³/mol. The Balaban J connectivity index is 2.46. The smallest absolute Gasteiger partial charge is 0.0166 e. The highest BCUT2D eigenvalue weighted by Gasteiger charge is 1.79. The van der Waals surface area contributed by atoms with Crippen LogP contribution in [0.15, 0.2) is 60.8 Å². The van der Waals surface area contributed by atoms with Crippen LogP contribution in [0.1, 0.15) is 25.7 Å². The lowest BCUT2D eigenvalue weighted by Crippen LogP contribution is -1.69. The van der Waals surface area contributed by atoms with Gasteiger partial charge in [-0.1, -0.05) is 60.8 Å². The molecule has 0 heterocycles. The van der Waals surface area contributed by atoms with E-state index in [-0.39, 0.29) is 0 Å². The highest BCUT2D eigenvalue weighted by atomic mass is 13.9. The summed E-state index contributed by atoms with van der Waals surface area (Å²) < 4.78 is 0. The number of hydrogen-bond acceptors (Lipinski definition) is 0. The van der Waals surface area contributed by atoms with Gasteiger partial charge in [0.2, 0.25) is 0 Å². The van der Waals surface area contributed by atoms with Crippen LogP contribution in [-0.2, 0) is 0 Å². The van der Waals surface area contributed by atoms with Gasteiger partial charge in [0.05, 0.1) is 0 Å². The van der Waals surface area contributed by atoms with Gasteiger partial charge in [-0.15, -0.1) is 0 Å². The molecule has 14 heavy (non-hydrogen) atoms. The van der Waals surface area contributed by atoms with Gasteiger partial charge >= 0.3 is 0 Å². The van der Waals surface area contributed by atoms with Gasteiger partial charge in [0.1, 0.15) is 0 Å². The minimum atomic E-state index is 1.05. The third-order valence-electron chi connectivity index (χ3n) is 2.01. The fraction of sp³-hybridized carbons (Fsp3) is 0.286. The molecule has 0 atom stereocenters. The molecule has 0 saturated carbocycles. The molecule has 0 aromatic carbocycles. The molecule has 1 aliphatic carbocycles. The molecule has 0 amide bonds. The van der Waals surface area contributed by atoms with E-state index in [1.165, 1.54) is 19.3 Å². The van der Waals surface area contributed by atoms with Crippen LogP contribution >= 0.6 is 0 Å². The maximum Gasteiger partial charge on any atom is -0.0166 e. The van der Waals surface area contributed by atoms with E-state index in [1.807, 2.05) is 0 Å². The summed E-state index contributed by atoms with van der Waals surface area (Å²) in [6, 6.07) is 0. The first-order chi connectivity index (χ1) is 7.00. The van der Waals surface area contributed by atoms with Gasteiger partial charge in [0.15, 0.2) is 0 Å². The third kappa shape index (κ3) is 6.24. The molecule has 0 saturated heterocycles. The predicted octanol–water partition coefficient (Wildman–Crippen LogP) is 4.34. The SMILES string of the molecule is C1=CCCC\C=C/C=C/C=C/C=C\C1. The average Bonchev–Trinajstić information content (AvgIpc) is 2.22. The fourth-order valence-corrected chi connectivity index (χ4v) is 1.23. The second kappa shape index (κ2) is 8.31. The summed E-state index contributed by atoms with van der Waals surface area (Å²) in [5, 5.41) is 0. The molecule has 0 N–H and O–H groups in total. The summed E-state index contributed by atoms with van der Waals surface area (Å²) in [6.07, 6.45) is 26.0. The van der Waals surface area contributed by atoms with Gasteiger partial charge in [-0.25, -0.2) is 0 Å². The zero-order valence-corrected chi connectivity index (χ0v) is 8.60. The molecule has 0 radical (unpaired) electrons. The van der Waals surface area contributed by atoms with E-state index in [0.717, 1.165) is 6.42 Å². The fourth-order valence-electron chi connectivity index (χ4n) is 1.23. The van der Waals surface area contributed by atoms with Crippen LogP contribution in [-0.4, -0.2) is 0 Å². The maximum atomic E-state index is 2.27. The highest BCUT2D eigenvalue weighted by Crippen LogP contribution is 2.00. The van der Waals surface area contributed by atoms with Crippen LogP contribution in [0.25, 0.3) is 0 Å². The Morgan fingerprint density at radius 1 is 0.500 bits per heavy atom. The molecule has 0 aromatic heterocycles. The molecule has 0 unspecified atom stereocenters. The van der Waals surface area contributed by atoms with E-state index >= 15 is 0 Å². The Bertz CT molecular complexity index is 262. The van der Waals surface area contributed by atoms with Crippen molar-refractivity contribution in [1.29, 1.82) is 0 Å². The Labute approximate surface area is 87.0 Å². The van der Waals surface area contributed by atoms with Crippen molar-refractivity contribution in [2.24, 2.45) is 0 Å². The molecule has 0 nitrogen and oxygen atoms in total. The van der Waals surface area contributed by atoms with Gasteiger partial charge in [0, 0.05) is 0 Å². The van der Waals surface area contributed by atoms with Crippen LogP contribution in [0.4, 0.5) is 0 Å². The van der Waals surface area contributed by atoms with E-state index in [1.54, 1.807) is 0 Å². The molecular formula is C14H18. The van der Waals surface area contributed by atoms with Gasteiger partial charge in [0.25, 0.3) is 0 Å². The number of hydrogen-bond donors (Lipinski definition) is 0. The largest absolute Gasteiger partial charge is 0.0882 e. The molecule has 0 aromatic rings. The number of allylic oxidation sites excluding steroid dienone is 10. The van der Waals surface area contributed by atoms with E-state index < -0.39 is 0 Å². The summed E-state index contributed by atoms with van der Waals surface area (Å²) in [4.78, 5) is 0. The first-order valence-electron chi connectivity index (χ1n) is 5.30. The normalized spacial score (nSPS) is 27.4. The third-order valence-corrected chi connectivity index (χ3v) is 2.01. The first kappa shape index (κ1) is 10.8. The van der Waals surface area contributed by atoms with Gasteiger partial charge in [-0.3, -0.25) is 0 Å². The van der Waals surface area contributed by atoms with E-state index in [0.29, 0.717) is 0 Å². The van der Waals surface area contributed by atoms with E-state index in [9.17, 15) is 0 Å². The molecule has 0 spiro atoms. The lowest BCUT2D eigenvalue weighted by Gasteiger charge is -1.89. The first-order valence-corrected chi connectivity index (χ1v) is 5.30. The second-order valence-corrected chi connectivity index (χ2v) is 3.26. The van der Waals surface area contributed by atoms with Crippen LogP contribution in [0.2, 0.25) is 0 Å². The minimum Gasteiger partial charge on any atom is -0.0882 e. The summed E-state index contributed by atoms with van der Waals surface area (Å²) in [6.45, 7) is 0. The molecular weight excluding hydrogens is 168 g/mol. The van der Waals surface area contributed by atoms with Crippen molar-refractivity contribution < 1.29 is 0 Å². The van der Waals surface area contributed by atoms with Crippen molar-refractivity contribution in [2.75, 3.05) is 0 Å². The van der Waals surface area contributed by atoms with E-state index in [4.69, 9.17) is 0 Å². The topological polar surface area (TPSA) is 0 Å². The molecule has 0 fully saturated rings. The zero-order chi connectivity index (χ0) is 9.90. The molecule has 0 bridgehead atoms. The monoisotopic (exact) mass is 186 g/mol. The van der Waals surface area contributed by atoms with E-state index in [2.05, 4.69) is 60.8 Å². The minimum absolute atomic E-state index is 1.05. The van der Waals surface area contributed by atoms with Crippen LogP contribution in [0, 0.1) is 0 Å². The number of rotatable bonds is 0. The van der Waals surface area contributed by atoms with Gasteiger partial charge in [-0.05, 0) is 25.7 Å². The lowest BCUT2D eigenvalue weighted by molar-refractivity contribution is 0.866. The van der Waals surface area contributed by atoms with Crippen LogP contribution < -0.4 is 0 Å². The standard InChI is InChI=1S/C14H18/c1-2-4-6-8-10-12-14-13-11-9-7-5-3-1/h1-8,11,13H,9-10,12,14H2/b3-1+,4-2+,7-5-,8-6-,13-11?. The summed E-state index contributed by atoms with van der Waals surface area (Å²) in [7, 11) is 0. The van der Waals surface area contributed by atoms with Crippen LogP contribution in [0.5, 0.6) is 0 Å². The summed E-state index contributed by atoms with van der Waals surface area (Å²) in [5.74, 6) is 0. The zero-order valence-electron chi connectivity index (χ0n) is 8.60. The quantitative estimate of drug-likeness (QED) is 0.494. The van der Waals surface area contributed by atoms with Crippen molar-refractivity contribution in [3.8, 4) is 0 Å². The van der Waals surface area contributed by atoms with Crippen LogP contribution in [0.3, 0.4) is 0 Å². The van der Waals surface area contributed by atoms with Crippen molar-refractivity contribution in [2.45, 2.75) is 25.7 Å². The molecule has 1 rings (SSSR count). The Morgan fingerprint density at radius 2 is 1.14 bits per heavy atom. The van der Waals surface area contributed by atoms with Gasteiger partial charge in [-0.2, -0.15) is 0 Å². The molecule has 0 aliphatic heterocycles. The molecule has 0 heteroatoms. The maximum absolute atomic E-state index is 2.27. The average molecular weight is 186 g/mol.